The van der Waals surface area contributed by atoms with Gasteiger partial charge in [-0.1, -0.05) is 30.0 Å². The molecule has 0 saturated carbocycles. The number of rotatable bonds is 5. The monoisotopic (exact) mass is 595 g/mol. The van der Waals surface area contributed by atoms with E-state index in [-0.39, 0.29) is 17.1 Å². The van der Waals surface area contributed by atoms with Gasteiger partial charge in [0, 0.05) is 50.1 Å². The molecule has 1 aromatic heterocycles. The molecule has 4 rings (SSSR count). The molecule has 4 aromatic rings. The van der Waals surface area contributed by atoms with Crippen LogP contribution >= 0.6 is 33.1 Å². The van der Waals surface area contributed by atoms with E-state index in [1.165, 1.54) is 19.9 Å². The molecule has 1 atom stereocenters. The molecule has 0 aliphatic rings. The number of hydrogen-bond donors (Lipinski definition) is 0. The lowest BCUT2D eigenvalue weighted by Gasteiger charge is -2.19. The minimum absolute atomic E-state index is 0.0869. The third-order valence-electron chi connectivity index (χ3n) is 5.53. The van der Waals surface area contributed by atoms with Crippen molar-refractivity contribution in [2.24, 2.45) is 0 Å². The zero-order valence-corrected chi connectivity index (χ0v) is 23.5. The van der Waals surface area contributed by atoms with E-state index < -0.39 is 11.6 Å². The van der Waals surface area contributed by atoms with Crippen molar-refractivity contribution < 1.29 is 14.3 Å². The highest BCUT2D eigenvalue weighted by atomic mass is 127. The summed E-state index contributed by atoms with van der Waals surface area (Å²) in [5.41, 5.74) is 1.99. The molecule has 0 spiro atoms. The topological polar surface area (TPSA) is 35.5 Å². The second-order valence-corrected chi connectivity index (χ2v) is 12.4. The van der Waals surface area contributed by atoms with Crippen molar-refractivity contribution >= 4 is 49.1 Å². The van der Waals surface area contributed by atoms with Crippen molar-refractivity contribution in [2.45, 2.75) is 40.2 Å². The minimum Gasteiger partial charge on any atom is -0.481 e. The van der Waals surface area contributed by atoms with Gasteiger partial charge in [-0.2, -0.15) is 0 Å². The summed E-state index contributed by atoms with van der Waals surface area (Å²) < 4.78 is 14.0. The van der Waals surface area contributed by atoms with Crippen LogP contribution in [0.25, 0.3) is 15.0 Å². The fraction of sp³-hybridized carbons (Fsp3) is 0.233. The second-order valence-electron chi connectivity index (χ2n) is 9.02. The summed E-state index contributed by atoms with van der Waals surface area (Å²) in [5.74, 6) is 6.42. The van der Waals surface area contributed by atoms with Gasteiger partial charge >= 0.3 is 5.97 Å². The molecule has 0 saturated heterocycles. The maximum Gasteiger partial charge on any atom is 0.345 e. The third kappa shape index (κ3) is 6.06. The third-order valence-corrected chi connectivity index (χ3v) is 8.48. The zero-order chi connectivity index (χ0) is 25.2. The van der Waals surface area contributed by atoms with E-state index in [9.17, 15) is 4.79 Å². The predicted molar refractivity (Wildman–Crippen MR) is 154 cm³/mol. The first kappa shape index (κ1) is 25.3. The average Bonchev–Trinajstić information content (AvgIpc) is 3.12. The Balaban J connectivity index is 1.46. The van der Waals surface area contributed by atoms with E-state index in [1.54, 1.807) is 13.8 Å². The van der Waals surface area contributed by atoms with Gasteiger partial charge in [0.25, 0.3) is 0 Å². The summed E-state index contributed by atoms with van der Waals surface area (Å²) in [6, 6.07) is 23.1. The Bertz CT molecular complexity index is 1450. The maximum atomic E-state index is 12.6. The number of benzene rings is 3. The normalized spacial score (nSPS) is 11.7. The van der Waals surface area contributed by atoms with E-state index >= 15 is 0 Å². The lowest BCUT2D eigenvalue weighted by molar-refractivity contribution is -0.154. The van der Waals surface area contributed by atoms with Crippen LogP contribution in [0.3, 0.4) is 0 Å². The fourth-order valence-electron chi connectivity index (χ4n) is 4.07. The van der Waals surface area contributed by atoms with E-state index in [0.717, 1.165) is 26.0 Å². The van der Waals surface area contributed by atoms with E-state index in [0.29, 0.717) is 0 Å². The number of carbonyl (C=O) groups excluding carboxylic acids is 1. The average molecular weight is 596 g/mol. The Kier molecular flexibility index (Phi) is 7.53. The summed E-state index contributed by atoms with van der Waals surface area (Å²) in [5, 5.41) is 1.29. The first-order valence-corrected chi connectivity index (χ1v) is 13.7. The van der Waals surface area contributed by atoms with Crippen molar-refractivity contribution in [2.75, 3.05) is 6.61 Å². The molecule has 0 bridgehead atoms. The van der Waals surface area contributed by atoms with Gasteiger partial charge in [-0.25, -0.2) is 4.79 Å². The minimum atomic E-state index is -0.920. The maximum absolute atomic E-state index is 12.6. The molecule has 0 aliphatic carbocycles. The van der Waals surface area contributed by atoms with Crippen LogP contribution in [0, 0.1) is 36.2 Å². The number of hydrogen-bond acceptors (Lipinski definition) is 3. The van der Waals surface area contributed by atoms with Crippen molar-refractivity contribution in [3.05, 3.63) is 91.9 Å². The summed E-state index contributed by atoms with van der Waals surface area (Å²) >= 11 is 2.25. The van der Waals surface area contributed by atoms with Crippen LogP contribution in [-0.2, 0) is 9.53 Å². The predicted octanol–water partition coefficient (Wildman–Crippen LogP) is 7.86. The first-order valence-electron chi connectivity index (χ1n) is 11.4. The second kappa shape index (κ2) is 10.4. The van der Waals surface area contributed by atoms with E-state index in [1.807, 2.05) is 38.1 Å². The van der Waals surface area contributed by atoms with Crippen LogP contribution in [0.15, 0.2) is 66.7 Å². The number of ether oxygens (including phenoxy) is 2. The summed E-state index contributed by atoms with van der Waals surface area (Å²) in [6.07, 6.45) is 0. The van der Waals surface area contributed by atoms with Gasteiger partial charge < -0.3 is 9.47 Å². The Hall–Kier alpha value is -2.82. The van der Waals surface area contributed by atoms with Gasteiger partial charge in [0.1, 0.15) is 5.75 Å². The van der Waals surface area contributed by atoms with Crippen LogP contribution in [0.2, 0.25) is 0 Å². The molecule has 3 aromatic carbocycles. The van der Waals surface area contributed by atoms with Crippen LogP contribution < -0.4 is 4.74 Å². The molecule has 0 fully saturated rings. The van der Waals surface area contributed by atoms with Gasteiger partial charge in [0.2, 0.25) is 0 Å². The lowest BCUT2D eigenvalue weighted by Crippen LogP contribution is -2.29. The fourth-order valence-corrected chi connectivity index (χ4v) is 6.99. The molecule has 178 valence electrons. The van der Waals surface area contributed by atoms with Gasteiger partial charge in [0.05, 0.1) is 0 Å². The molecule has 0 amide bonds. The van der Waals surface area contributed by atoms with Crippen LogP contribution in [0.5, 0.6) is 5.75 Å². The highest BCUT2D eigenvalue weighted by molar-refractivity contribution is 14.1. The molecule has 35 heavy (non-hydrogen) atoms. The van der Waals surface area contributed by atoms with Gasteiger partial charge in [-0.05, 0) is 91.7 Å². The van der Waals surface area contributed by atoms with Crippen molar-refractivity contribution in [1.82, 2.24) is 0 Å². The lowest BCUT2D eigenvalue weighted by atomic mass is 10.1. The SMILES string of the molecule is Cc1cc(-[s+]2c(C)cc3ccccc32)cc(C)c1OCC(=O)OC(C)(C)C#Cc1cccc(I)c1. The molecule has 0 N–H and O–H groups in total. The highest BCUT2D eigenvalue weighted by Crippen LogP contribution is 2.45. The molecule has 1 heterocycles. The van der Waals surface area contributed by atoms with Gasteiger partial charge in [-0.3, -0.25) is 0 Å². The standard InChI is InChI=1S/C30H28IO3S/c1-20-15-26(35-22(3)17-24-10-6-7-12-27(24)35)16-21(2)29(20)33-19-28(32)34-30(4,5)14-13-23-9-8-11-25(31)18-23/h6-12,15-18H,19H2,1-5H3/q+1. The molecular weight excluding hydrogens is 567 g/mol. The number of thiophene rings is 1. The molecule has 0 aliphatic heterocycles. The largest absolute Gasteiger partial charge is 0.481 e. The molecular formula is C30H28IO3S+. The number of esters is 1. The molecule has 0 radical (unpaired) electrons. The first-order chi connectivity index (χ1) is 16.6. The number of fused-ring (bicyclic) bond motifs is 1. The molecule has 3 nitrogen and oxygen atoms in total. The van der Waals surface area contributed by atoms with E-state index in [4.69, 9.17) is 9.47 Å². The molecule has 5 heteroatoms. The van der Waals surface area contributed by atoms with Crippen molar-refractivity contribution in [3.63, 3.8) is 0 Å². The smallest absolute Gasteiger partial charge is 0.345 e. The Labute approximate surface area is 223 Å². The summed E-state index contributed by atoms with van der Waals surface area (Å²) in [4.78, 5) is 15.2. The quantitative estimate of drug-likeness (QED) is 0.102. The van der Waals surface area contributed by atoms with Gasteiger partial charge in [-0.15, -0.1) is 0 Å². The zero-order valence-electron chi connectivity index (χ0n) is 20.6. The van der Waals surface area contributed by atoms with Crippen LogP contribution in [0.1, 0.15) is 35.4 Å². The number of halogens is 1. The van der Waals surface area contributed by atoms with Crippen LogP contribution in [-0.4, -0.2) is 18.2 Å². The summed E-state index contributed by atoms with van der Waals surface area (Å²) in [6.45, 7) is 9.65. The number of carbonyl (C=O) groups is 1. The Morgan fingerprint density at radius 3 is 2.40 bits per heavy atom. The van der Waals surface area contributed by atoms with E-state index in [2.05, 4.69) is 83.8 Å². The van der Waals surface area contributed by atoms with Crippen molar-refractivity contribution in [3.8, 4) is 22.5 Å². The summed E-state index contributed by atoms with van der Waals surface area (Å²) in [7, 11) is -0.0869. The van der Waals surface area contributed by atoms with Crippen LogP contribution in [0.4, 0.5) is 0 Å². The number of aryl methyl sites for hydroxylation is 3. The molecule has 1 unspecified atom stereocenters. The Morgan fingerprint density at radius 1 is 0.971 bits per heavy atom. The van der Waals surface area contributed by atoms with Gasteiger partial charge in [0.15, 0.2) is 26.7 Å². The Morgan fingerprint density at radius 2 is 1.69 bits per heavy atom. The van der Waals surface area contributed by atoms with Crippen molar-refractivity contribution in [1.29, 1.82) is 0 Å². The highest BCUT2D eigenvalue weighted by Gasteiger charge is 2.24.